The van der Waals surface area contributed by atoms with Crippen molar-refractivity contribution in [2.45, 2.75) is 26.7 Å². The molecule has 0 fully saturated rings. The molecule has 104 valence electrons. The third-order valence-electron chi connectivity index (χ3n) is 2.65. The van der Waals surface area contributed by atoms with Crippen LogP contribution >= 0.6 is 0 Å². The Morgan fingerprint density at radius 3 is 2.16 bits per heavy atom. The van der Waals surface area contributed by atoms with E-state index in [1.54, 1.807) is 24.3 Å². The molecular formula is C15H20O4. The second kappa shape index (κ2) is 8.43. The molecule has 4 heteroatoms. The molecule has 0 atom stereocenters. The van der Waals surface area contributed by atoms with E-state index < -0.39 is 0 Å². The Bertz CT molecular complexity index is 409. The summed E-state index contributed by atoms with van der Waals surface area (Å²) in [6, 6.07) is 6.49. The molecule has 0 unspecified atom stereocenters. The van der Waals surface area contributed by atoms with E-state index >= 15 is 0 Å². The smallest absolute Gasteiger partial charge is 0.338 e. The lowest BCUT2D eigenvalue weighted by atomic mass is 10.1. The number of carbonyl (C=O) groups excluding carboxylic acids is 2. The maximum absolute atomic E-state index is 11.7. The van der Waals surface area contributed by atoms with E-state index in [4.69, 9.17) is 9.47 Å². The average molecular weight is 264 g/mol. The van der Waals surface area contributed by atoms with Crippen LogP contribution in [0.1, 0.15) is 47.4 Å². The molecule has 0 aliphatic heterocycles. The highest BCUT2D eigenvalue weighted by atomic mass is 16.5. The number of esters is 1. The number of hydrogen-bond donors (Lipinski definition) is 0. The predicted octanol–water partition coefficient (Wildman–Crippen LogP) is 2.86. The first-order valence-electron chi connectivity index (χ1n) is 6.51. The highest BCUT2D eigenvalue weighted by Crippen LogP contribution is 2.07. The normalized spacial score (nSPS) is 10.2. The van der Waals surface area contributed by atoms with Gasteiger partial charge < -0.3 is 9.47 Å². The molecule has 0 aromatic heterocycles. The van der Waals surface area contributed by atoms with Gasteiger partial charge in [0.05, 0.1) is 12.2 Å². The molecule has 1 aromatic carbocycles. The molecule has 1 aromatic rings. The lowest BCUT2D eigenvalue weighted by Crippen LogP contribution is -2.07. The number of unbranched alkanes of at least 4 members (excludes halogenated alkanes) is 1. The summed E-state index contributed by atoms with van der Waals surface area (Å²) in [5, 5.41) is 0. The van der Waals surface area contributed by atoms with Gasteiger partial charge in [0, 0.05) is 18.8 Å². The zero-order chi connectivity index (χ0) is 14.1. The van der Waals surface area contributed by atoms with Crippen molar-refractivity contribution in [3.63, 3.8) is 0 Å². The van der Waals surface area contributed by atoms with Crippen LogP contribution in [-0.4, -0.2) is 31.6 Å². The summed E-state index contributed by atoms with van der Waals surface area (Å²) in [5.41, 5.74) is 1.06. The maximum atomic E-state index is 11.7. The van der Waals surface area contributed by atoms with Crippen LogP contribution < -0.4 is 0 Å². The van der Waals surface area contributed by atoms with Crippen LogP contribution in [0.5, 0.6) is 0 Å². The second-order valence-corrected chi connectivity index (χ2v) is 4.17. The van der Waals surface area contributed by atoms with Crippen LogP contribution in [0.3, 0.4) is 0 Å². The van der Waals surface area contributed by atoms with E-state index in [0.29, 0.717) is 30.9 Å². The first-order chi connectivity index (χ1) is 9.15. The highest BCUT2D eigenvalue weighted by molar-refractivity contribution is 5.96. The van der Waals surface area contributed by atoms with Crippen molar-refractivity contribution in [3.05, 3.63) is 35.4 Å². The summed E-state index contributed by atoms with van der Waals surface area (Å²) < 4.78 is 10.3. The fraction of sp³-hybridized carbons (Fsp3) is 0.467. The number of carbonyl (C=O) groups is 2. The molecule has 0 aliphatic rings. The van der Waals surface area contributed by atoms with E-state index in [1.807, 2.05) is 6.92 Å². The minimum Gasteiger partial charge on any atom is -0.462 e. The first-order valence-corrected chi connectivity index (χ1v) is 6.51. The van der Waals surface area contributed by atoms with Crippen molar-refractivity contribution < 1.29 is 19.1 Å². The van der Waals surface area contributed by atoms with Crippen LogP contribution in [0, 0.1) is 0 Å². The molecule has 4 nitrogen and oxygen atoms in total. The summed E-state index contributed by atoms with van der Waals surface area (Å²) in [7, 11) is 0. The van der Waals surface area contributed by atoms with Gasteiger partial charge in [0.1, 0.15) is 0 Å². The van der Waals surface area contributed by atoms with Gasteiger partial charge in [-0.3, -0.25) is 4.79 Å². The first kappa shape index (κ1) is 15.4. The Balaban J connectivity index is 2.31. The van der Waals surface area contributed by atoms with E-state index in [9.17, 15) is 9.59 Å². The molecule has 0 N–H and O–H groups in total. The largest absolute Gasteiger partial charge is 0.462 e. The van der Waals surface area contributed by atoms with Crippen molar-refractivity contribution in [3.8, 4) is 0 Å². The standard InChI is InChI=1S/C15H20O4/c1-3-18-10-4-5-11-19-15(17)14-8-6-13(7-9-14)12(2)16/h6-9H,3-5,10-11H2,1-2H3. The Hall–Kier alpha value is -1.68. The SMILES string of the molecule is CCOCCCCOC(=O)c1ccc(C(C)=O)cc1. The summed E-state index contributed by atoms with van der Waals surface area (Å²) in [6.07, 6.45) is 1.67. The Kier molecular flexibility index (Phi) is 6.82. The second-order valence-electron chi connectivity index (χ2n) is 4.17. The third kappa shape index (κ3) is 5.66. The minimum atomic E-state index is -0.355. The van der Waals surface area contributed by atoms with E-state index in [2.05, 4.69) is 0 Å². The average Bonchev–Trinajstić information content (AvgIpc) is 2.42. The van der Waals surface area contributed by atoms with Gasteiger partial charge in [-0.1, -0.05) is 12.1 Å². The summed E-state index contributed by atoms with van der Waals surface area (Å²) in [5.74, 6) is -0.373. The number of hydrogen-bond acceptors (Lipinski definition) is 4. The molecule has 19 heavy (non-hydrogen) atoms. The zero-order valence-corrected chi connectivity index (χ0v) is 11.5. The molecule has 0 saturated heterocycles. The van der Waals surface area contributed by atoms with Crippen molar-refractivity contribution in [1.82, 2.24) is 0 Å². The summed E-state index contributed by atoms with van der Waals surface area (Å²) in [6.45, 7) is 5.24. The summed E-state index contributed by atoms with van der Waals surface area (Å²) >= 11 is 0. The monoisotopic (exact) mass is 264 g/mol. The number of ketones is 1. The van der Waals surface area contributed by atoms with Crippen molar-refractivity contribution in [2.24, 2.45) is 0 Å². The Morgan fingerprint density at radius 2 is 1.58 bits per heavy atom. The summed E-state index contributed by atoms with van der Waals surface area (Å²) in [4.78, 5) is 22.8. The number of benzene rings is 1. The number of rotatable bonds is 8. The van der Waals surface area contributed by atoms with Crippen LogP contribution in [0.15, 0.2) is 24.3 Å². The Labute approximate surface area is 113 Å². The van der Waals surface area contributed by atoms with Gasteiger partial charge in [-0.2, -0.15) is 0 Å². The van der Waals surface area contributed by atoms with Crippen LogP contribution in [0.25, 0.3) is 0 Å². The fourth-order valence-electron chi connectivity index (χ4n) is 1.54. The number of ether oxygens (including phenoxy) is 2. The molecule has 0 bridgehead atoms. The topological polar surface area (TPSA) is 52.6 Å². The van der Waals surface area contributed by atoms with Crippen LogP contribution in [0.2, 0.25) is 0 Å². The molecule has 0 heterocycles. The van der Waals surface area contributed by atoms with Gasteiger partial charge in [0.15, 0.2) is 5.78 Å². The van der Waals surface area contributed by atoms with Crippen molar-refractivity contribution in [2.75, 3.05) is 19.8 Å². The quantitative estimate of drug-likeness (QED) is 0.411. The van der Waals surface area contributed by atoms with Crippen molar-refractivity contribution >= 4 is 11.8 Å². The van der Waals surface area contributed by atoms with Crippen LogP contribution in [-0.2, 0) is 9.47 Å². The molecule has 0 aliphatic carbocycles. The van der Waals surface area contributed by atoms with Gasteiger partial charge >= 0.3 is 5.97 Å². The zero-order valence-electron chi connectivity index (χ0n) is 11.5. The molecule has 0 spiro atoms. The minimum absolute atomic E-state index is 0.0177. The fourth-order valence-corrected chi connectivity index (χ4v) is 1.54. The third-order valence-corrected chi connectivity index (χ3v) is 2.65. The maximum Gasteiger partial charge on any atom is 0.338 e. The molecule has 0 saturated carbocycles. The van der Waals surface area contributed by atoms with Crippen molar-refractivity contribution in [1.29, 1.82) is 0 Å². The lowest BCUT2D eigenvalue weighted by molar-refractivity contribution is 0.0483. The predicted molar refractivity (Wildman–Crippen MR) is 72.5 cm³/mol. The molecule has 1 rings (SSSR count). The van der Waals surface area contributed by atoms with E-state index in [0.717, 1.165) is 12.8 Å². The lowest BCUT2D eigenvalue weighted by Gasteiger charge is -2.05. The van der Waals surface area contributed by atoms with Gasteiger partial charge in [-0.15, -0.1) is 0 Å². The van der Waals surface area contributed by atoms with Gasteiger partial charge in [-0.05, 0) is 38.8 Å². The highest BCUT2D eigenvalue weighted by Gasteiger charge is 2.07. The Morgan fingerprint density at radius 1 is 1.00 bits per heavy atom. The van der Waals surface area contributed by atoms with Gasteiger partial charge in [0.2, 0.25) is 0 Å². The number of Topliss-reactive ketones (excluding diaryl/α,β-unsaturated/α-hetero) is 1. The molecule has 0 amide bonds. The van der Waals surface area contributed by atoms with Crippen LogP contribution in [0.4, 0.5) is 0 Å². The molecular weight excluding hydrogens is 244 g/mol. The molecule has 0 radical (unpaired) electrons. The van der Waals surface area contributed by atoms with E-state index in [1.165, 1.54) is 6.92 Å². The van der Waals surface area contributed by atoms with Gasteiger partial charge in [-0.25, -0.2) is 4.79 Å². The van der Waals surface area contributed by atoms with Gasteiger partial charge in [0.25, 0.3) is 0 Å². The van der Waals surface area contributed by atoms with E-state index in [-0.39, 0.29) is 11.8 Å².